The molecule has 4 rings (SSSR count). The first-order valence-electron chi connectivity index (χ1n) is 13.8. The molecule has 0 atom stereocenters. The molecule has 214 valence electrons. The minimum Gasteiger partial charge on any atom is -0.504 e. The first-order chi connectivity index (χ1) is 19.4. The fourth-order valence-electron chi connectivity index (χ4n) is 4.92. The van der Waals surface area contributed by atoms with E-state index in [0.29, 0.717) is 30.9 Å². The van der Waals surface area contributed by atoms with Gasteiger partial charge in [-0.15, -0.1) is 0 Å². The number of hydrogen-bond donors (Lipinski definition) is 4. The number of ether oxygens (including phenoxy) is 2. The summed E-state index contributed by atoms with van der Waals surface area (Å²) in [6.45, 7) is 4.04. The summed E-state index contributed by atoms with van der Waals surface area (Å²) in [4.78, 5) is 23.0. The third-order valence-electron chi connectivity index (χ3n) is 7.15. The molecule has 1 amide bonds. The first-order valence-corrected chi connectivity index (χ1v) is 13.8. The van der Waals surface area contributed by atoms with Crippen molar-refractivity contribution in [3.63, 3.8) is 0 Å². The zero-order chi connectivity index (χ0) is 28.5. The van der Waals surface area contributed by atoms with Gasteiger partial charge in [0, 0.05) is 49.1 Å². The number of aromatic nitrogens is 2. The number of nitrogens with two attached hydrogens (primary N) is 1. The summed E-state index contributed by atoms with van der Waals surface area (Å²) in [6, 6.07) is 11.4. The second-order valence-electron chi connectivity index (χ2n) is 10.1. The molecule has 5 N–H and O–H groups in total. The Hall–Kier alpha value is -3.89. The maximum atomic E-state index is 11.2. The number of amides is 1. The van der Waals surface area contributed by atoms with Crippen molar-refractivity contribution in [3.8, 4) is 39.6 Å². The van der Waals surface area contributed by atoms with Gasteiger partial charge in [-0.2, -0.15) is 0 Å². The molecule has 0 saturated carbocycles. The lowest BCUT2D eigenvalue weighted by Gasteiger charge is -2.32. The number of nitrogens with zero attached hydrogens (tertiary/aromatic N) is 3. The predicted molar refractivity (Wildman–Crippen MR) is 154 cm³/mol. The van der Waals surface area contributed by atoms with E-state index in [0.717, 1.165) is 79.1 Å². The smallest absolute Gasteiger partial charge is 0.243 e. The Kier molecular flexibility index (Phi) is 10.2. The first kappa shape index (κ1) is 29.1. The van der Waals surface area contributed by atoms with Crippen molar-refractivity contribution in [2.75, 3.05) is 31.7 Å². The highest BCUT2D eigenvalue weighted by Crippen LogP contribution is 2.43. The molecule has 0 aliphatic carbocycles. The lowest BCUT2D eigenvalue weighted by Crippen LogP contribution is -2.40. The average molecular weight is 550 g/mol. The van der Waals surface area contributed by atoms with Gasteiger partial charge in [0.15, 0.2) is 11.5 Å². The Bertz CT molecular complexity index is 1290. The predicted octanol–water partition coefficient (Wildman–Crippen LogP) is 4.60. The lowest BCUT2D eigenvalue weighted by atomic mass is 9.97. The third kappa shape index (κ3) is 7.40. The van der Waals surface area contributed by atoms with Gasteiger partial charge in [-0.3, -0.25) is 15.0 Å². The molecule has 1 saturated heterocycles. The van der Waals surface area contributed by atoms with Gasteiger partial charge in [-0.25, -0.2) is 10.5 Å². The molecule has 0 radical (unpaired) electrons. The highest BCUT2D eigenvalue weighted by atomic mass is 16.5. The van der Waals surface area contributed by atoms with Crippen LogP contribution in [0.25, 0.3) is 22.4 Å². The number of nitrogens with one attached hydrogen (secondary N) is 1. The zero-order valence-electron chi connectivity index (χ0n) is 23.2. The SMILES string of the molecule is COc1ccc(-c2c(OCCCCCCC(=O)NO)cc(N3CCC(N)CC3)nc2-c2ccnc(C)c2)cc1O. The van der Waals surface area contributed by atoms with Crippen molar-refractivity contribution in [3.05, 3.63) is 48.3 Å². The molecule has 10 heteroatoms. The Morgan fingerprint density at radius 2 is 1.85 bits per heavy atom. The normalized spacial score (nSPS) is 13.8. The van der Waals surface area contributed by atoms with Gasteiger partial charge in [-0.05, 0) is 62.4 Å². The maximum absolute atomic E-state index is 11.2. The van der Waals surface area contributed by atoms with Crippen LogP contribution < -0.4 is 25.6 Å². The average Bonchev–Trinajstić information content (AvgIpc) is 2.96. The molecule has 1 aliphatic rings. The van der Waals surface area contributed by atoms with Crippen LogP contribution in [0.1, 0.15) is 50.6 Å². The van der Waals surface area contributed by atoms with Gasteiger partial charge in [0.05, 0.1) is 25.0 Å². The van der Waals surface area contributed by atoms with Crippen molar-refractivity contribution in [1.29, 1.82) is 0 Å². The number of pyridine rings is 2. The number of phenolic OH excluding ortho intramolecular Hbond substituents is 1. The monoisotopic (exact) mass is 549 g/mol. The quantitative estimate of drug-likeness (QED) is 0.145. The molecule has 1 fully saturated rings. The largest absolute Gasteiger partial charge is 0.504 e. The summed E-state index contributed by atoms with van der Waals surface area (Å²) in [5.74, 6) is 1.54. The third-order valence-corrected chi connectivity index (χ3v) is 7.15. The van der Waals surface area contributed by atoms with Crippen LogP contribution in [-0.2, 0) is 4.79 Å². The molecule has 3 aromatic rings. The van der Waals surface area contributed by atoms with Crippen molar-refractivity contribution in [2.45, 2.75) is 57.9 Å². The van der Waals surface area contributed by atoms with Crippen LogP contribution in [0.2, 0.25) is 0 Å². The van der Waals surface area contributed by atoms with Crippen LogP contribution in [0, 0.1) is 6.92 Å². The molecular formula is C30H39N5O5. The molecule has 1 aliphatic heterocycles. The van der Waals surface area contributed by atoms with Gasteiger partial charge in [0.1, 0.15) is 11.6 Å². The van der Waals surface area contributed by atoms with Crippen LogP contribution in [0.4, 0.5) is 5.82 Å². The van der Waals surface area contributed by atoms with E-state index in [9.17, 15) is 9.90 Å². The number of hydrogen-bond acceptors (Lipinski definition) is 9. The van der Waals surface area contributed by atoms with Gasteiger partial charge in [0.25, 0.3) is 0 Å². The Morgan fingerprint density at radius 3 is 2.55 bits per heavy atom. The van der Waals surface area contributed by atoms with Gasteiger partial charge in [0.2, 0.25) is 5.91 Å². The second-order valence-corrected chi connectivity index (χ2v) is 10.1. The molecular weight excluding hydrogens is 510 g/mol. The molecule has 10 nitrogen and oxygen atoms in total. The topological polar surface area (TPSA) is 143 Å². The van der Waals surface area contributed by atoms with Crippen LogP contribution in [0.3, 0.4) is 0 Å². The Morgan fingerprint density at radius 1 is 1.07 bits per heavy atom. The molecule has 2 aromatic heterocycles. The summed E-state index contributed by atoms with van der Waals surface area (Å²) in [6.07, 6.45) is 7.09. The summed E-state index contributed by atoms with van der Waals surface area (Å²) < 4.78 is 11.7. The summed E-state index contributed by atoms with van der Waals surface area (Å²) >= 11 is 0. The molecule has 1 aromatic carbocycles. The number of rotatable bonds is 12. The number of benzene rings is 1. The van der Waals surface area contributed by atoms with E-state index in [4.69, 9.17) is 25.4 Å². The molecule has 0 spiro atoms. The Balaban J connectivity index is 1.70. The summed E-state index contributed by atoms with van der Waals surface area (Å²) in [5, 5.41) is 19.3. The molecule has 0 bridgehead atoms. The van der Waals surface area contributed by atoms with Gasteiger partial charge in [-0.1, -0.05) is 18.9 Å². The van der Waals surface area contributed by atoms with E-state index >= 15 is 0 Å². The van der Waals surface area contributed by atoms with E-state index < -0.39 is 0 Å². The van der Waals surface area contributed by atoms with Crippen LogP contribution >= 0.6 is 0 Å². The molecule has 0 unspecified atom stereocenters. The number of carbonyl (C=O) groups is 1. The number of methoxy groups -OCH3 is 1. The number of anilines is 1. The van der Waals surface area contributed by atoms with E-state index in [2.05, 4.69) is 9.88 Å². The van der Waals surface area contributed by atoms with Gasteiger partial charge >= 0.3 is 0 Å². The van der Waals surface area contributed by atoms with E-state index in [1.807, 2.05) is 31.2 Å². The maximum Gasteiger partial charge on any atom is 0.243 e. The summed E-state index contributed by atoms with van der Waals surface area (Å²) in [7, 11) is 1.52. The minimum atomic E-state index is -0.370. The highest BCUT2D eigenvalue weighted by Gasteiger charge is 2.23. The van der Waals surface area contributed by atoms with E-state index in [-0.39, 0.29) is 17.7 Å². The Labute approximate surface area is 235 Å². The van der Waals surface area contributed by atoms with Crippen molar-refractivity contribution < 1.29 is 24.6 Å². The van der Waals surface area contributed by atoms with Crippen molar-refractivity contribution in [1.82, 2.24) is 15.4 Å². The van der Waals surface area contributed by atoms with Gasteiger partial charge < -0.3 is 25.2 Å². The number of unbranched alkanes of at least 4 members (excludes halogenated alkanes) is 3. The van der Waals surface area contributed by atoms with E-state index in [1.54, 1.807) is 23.8 Å². The van der Waals surface area contributed by atoms with Crippen LogP contribution in [-0.4, -0.2) is 59.0 Å². The fraction of sp³-hybridized carbons (Fsp3) is 0.433. The fourth-order valence-corrected chi connectivity index (χ4v) is 4.92. The number of hydroxylamine groups is 1. The standard InChI is InChI=1S/C30H39N5O5/c1-20-17-22(10-13-32-20)30-29(21-8-9-25(39-2)24(36)18-21)26(40-16-6-4-3-5-7-28(37)34-38)19-27(33-30)35-14-11-23(31)12-15-35/h8-10,13,17-19,23,36,38H,3-7,11-12,14-16,31H2,1-2H3,(H,34,37). The molecule has 3 heterocycles. The number of piperidine rings is 1. The van der Waals surface area contributed by atoms with E-state index in [1.165, 1.54) is 7.11 Å². The number of aromatic hydroxyl groups is 1. The second kappa shape index (κ2) is 14.0. The zero-order valence-corrected chi connectivity index (χ0v) is 23.2. The molecule has 40 heavy (non-hydrogen) atoms. The summed E-state index contributed by atoms with van der Waals surface area (Å²) in [5.41, 5.74) is 11.9. The highest BCUT2D eigenvalue weighted by molar-refractivity contribution is 5.87. The van der Waals surface area contributed by atoms with Crippen molar-refractivity contribution >= 4 is 11.7 Å². The number of aryl methyl sites for hydroxylation is 1. The number of carbonyl (C=O) groups excluding carboxylic acids is 1. The lowest BCUT2D eigenvalue weighted by molar-refractivity contribution is -0.129. The van der Waals surface area contributed by atoms with Crippen LogP contribution in [0.15, 0.2) is 42.6 Å². The van der Waals surface area contributed by atoms with Crippen LogP contribution in [0.5, 0.6) is 17.2 Å². The van der Waals surface area contributed by atoms with Crippen molar-refractivity contribution in [2.24, 2.45) is 5.73 Å². The minimum absolute atomic E-state index is 0.0313. The number of phenols is 1.